The van der Waals surface area contributed by atoms with Gasteiger partial charge in [0.05, 0.1) is 18.7 Å². The van der Waals surface area contributed by atoms with E-state index in [0.29, 0.717) is 16.6 Å². The SMILES string of the molecule is NC(=O)CC(O)C(O)c1cnc2[nH]ncc2c1. The molecule has 5 N–H and O–H groups in total. The van der Waals surface area contributed by atoms with E-state index < -0.39 is 18.1 Å². The van der Waals surface area contributed by atoms with E-state index in [1.54, 1.807) is 12.3 Å². The highest BCUT2D eigenvalue weighted by Gasteiger charge is 2.21. The largest absolute Gasteiger partial charge is 0.390 e. The summed E-state index contributed by atoms with van der Waals surface area (Å²) in [5.41, 5.74) is 5.94. The Morgan fingerprint density at radius 2 is 2.24 bits per heavy atom. The lowest BCUT2D eigenvalue weighted by atomic mass is 10.0. The topological polar surface area (TPSA) is 125 Å². The number of H-pyrrole nitrogens is 1. The van der Waals surface area contributed by atoms with Crippen molar-refractivity contribution in [2.75, 3.05) is 0 Å². The summed E-state index contributed by atoms with van der Waals surface area (Å²) in [4.78, 5) is 14.7. The molecule has 0 fully saturated rings. The lowest BCUT2D eigenvalue weighted by Crippen LogP contribution is -2.25. The Morgan fingerprint density at radius 3 is 2.94 bits per heavy atom. The maximum Gasteiger partial charge on any atom is 0.220 e. The van der Waals surface area contributed by atoms with Crippen LogP contribution in [0.4, 0.5) is 0 Å². The highest BCUT2D eigenvalue weighted by Crippen LogP contribution is 2.20. The van der Waals surface area contributed by atoms with Crippen molar-refractivity contribution >= 4 is 16.9 Å². The number of carbonyl (C=O) groups excluding carboxylic acids is 1. The van der Waals surface area contributed by atoms with Gasteiger partial charge < -0.3 is 15.9 Å². The molecule has 2 unspecified atom stereocenters. The number of hydrogen-bond acceptors (Lipinski definition) is 5. The van der Waals surface area contributed by atoms with E-state index in [-0.39, 0.29) is 6.42 Å². The van der Waals surface area contributed by atoms with Gasteiger partial charge in [-0.05, 0) is 6.07 Å². The van der Waals surface area contributed by atoms with Crippen LogP contribution in [0.2, 0.25) is 0 Å². The number of nitrogens with one attached hydrogen (secondary N) is 1. The molecule has 0 radical (unpaired) electrons. The zero-order valence-corrected chi connectivity index (χ0v) is 8.87. The molecule has 0 aliphatic heterocycles. The Bertz CT molecular complexity index is 539. The first-order valence-corrected chi connectivity index (χ1v) is 5.01. The molecule has 7 heteroatoms. The summed E-state index contributed by atoms with van der Waals surface area (Å²) < 4.78 is 0. The van der Waals surface area contributed by atoms with Crippen LogP contribution in [0.3, 0.4) is 0 Å². The standard InChI is InChI=1S/C10H12N4O3/c11-8(16)2-7(15)9(17)5-1-6-4-13-14-10(6)12-3-5/h1,3-4,7,9,15,17H,2H2,(H2,11,16)(H,12,13,14). The molecule has 17 heavy (non-hydrogen) atoms. The summed E-state index contributed by atoms with van der Waals surface area (Å²) >= 11 is 0. The Labute approximate surface area is 96.3 Å². The van der Waals surface area contributed by atoms with Gasteiger partial charge in [0, 0.05) is 17.1 Å². The Morgan fingerprint density at radius 1 is 1.47 bits per heavy atom. The zero-order chi connectivity index (χ0) is 12.4. The average Bonchev–Trinajstić information content (AvgIpc) is 2.73. The lowest BCUT2D eigenvalue weighted by molar-refractivity contribution is -0.121. The van der Waals surface area contributed by atoms with Gasteiger partial charge in [0.1, 0.15) is 6.10 Å². The molecule has 0 aliphatic carbocycles. The Kier molecular flexibility index (Phi) is 3.03. The van der Waals surface area contributed by atoms with Crippen molar-refractivity contribution in [2.24, 2.45) is 5.73 Å². The number of hydrogen-bond donors (Lipinski definition) is 4. The minimum Gasteiger partial charge on any atom is -0.390 e. The highest BCUT2D eigenvalue weighted by atomic mass is 16.3. The Balaban J connectivity index is 2.23. The molecular formula is C10H12N4O3. The van der Waals surface area contributed by atoms with Gasteiger partial charge in [0.2, 0.25) is 5.91 Å². The fourth-order valence-corrected chi connectivity index (χ4v) is 1.56. The van der Waals surface area contributed by atoms with Crippen molar-refractivity contribution in [1.82, 2.24) is 15.2 Å². The number of aromatic amines is 1. The van der Waals surface area contributed by atoms with Gasteiger partial charge in [-0.15, -0.1) is 0 Å². The number of nitrogens with two attached hydrogens (primary N) is 1. The fourth-order valence-electron chi connectivity index (χ4n) is 1.56. The second-order valence-corrected chi connectivity index (χ2v) is 3.76. The van der Waals surface area contributed by atoms with Crippen LogP contribution in [0.15, 0.2) is 18.5 Å². The van der Waals surface area contributed by atoms with Crippen molar-refractivity contribution in [3.63, 3.8) is 0 Å². The second kappa shape index (κ2) is 4.48. The van der Waals surface area contributed by atoms with Gasteiger partial charge in [-0.3, -0.25) is 9.89 Å². The third-order valence-electron chi connectivity index (χ3n) is 2.43. The van der Waals surface area contributed by atoms with Crippen molar-refractivity contribution in [2.45, 2.75) is 18.6 Å². The summed E-state index contributed by atoms with van der Waals surface area (Å²) in [5, 5.41) is 26.5. The van der Waals surface area contributed by atoms with Crippen LogP contribution in [-0.2, 0) is 4.79 Å². The van der Waals surface area contributed by atoms with Crippen LogP contribution in [0.1, 0.15) is 18.1 Å². The minimum atomic E-state index is -1.24. The first-order chi connectivity index (χ1) is 8.08. The average molecular weight is 236 g/mol. The van der Waals surface area contributed by atoms with E-state index in [0.717, 1.165) is 0 Å². The number of nitrogens with zero attached hydrogens (tertiary/aromatic N) is 2. The molecule has 2 aromatic heterocycles. The number of aliphatic hydroxyl groups is 2. The lowest BCUT2D eigenvalue weighted by Gasteiger charge is -2.16. The molecule has 2 rings (SSSR count). The molecule has 0 spiro atoms. The van der Waals surface area contributed by atoms with Crippen LogP contribution in [0.5, 0.6) is 0 Å². The molecule has 2 atom stereocenters. The molecule has 1 amide bonds. The normalized spacial score (nSPS) is 14.7. The molecule has 2 heterocycles. The molecule has 0 aromatic carbocycles. The summed E-state index contributed by atoms with van der Waals surface area (Å²) in [5.74, 6) is -0.672. The molecule has 0 saturated carbocycles. The summed E-state index contributed by atoms with van der Waals surface area (Å²) in [6.45, 7) is 0. The minimum absolute atomic E-state index is 0.301. The third-order valence-corrected chi connectivity index (χ3v) is 2.43. The number of carbonyl (C=O) groups is 1. The summed E-state index contributed by atoms with van der Waals surface area (Å²) in [6.07, 6.45) is 0.229. The first-order valence-electron chi connectivity index (χ1n) is 5.01. The quantitative estimate of drug-likeness (QED) is 0.554. The van der Waals surface area contributed by atoms with Crippen molar-refractivity contribution < 1.29 is 15.0 Å². The van der Waals surface area contributed by atoms with Crippen molar-refractivity contribution in [3.05, 3.63) is 24.0 Å². The van der Waals surface area contributed by atoms with Gasteiger partial charge >= 0.3 is 0 Å². The molecular weight excluding hydrogens is 224 g/mol. The van der Waals surface area contributed by atoms with Gasteiger partial charge in [-0.1, -0.05) is 0 Å². The van der Waals surface area contributed by atoms with Crippen LogP contribution in [-0.4, -0.2) is 37.4 Å². The Hall–Kier alpha value is -1.99. The number of rotatable bonds is 4. The van der Waals surface area contributed by atoms with E-state index in [1.165, 1.54) is 6.20 Å². The highest BCUT2D eigenvalue weighted by molar-refractivity contribution is 5.75. The zero-order valence-electron chi connectivity index (χ0n) is 8.87. The number of amides is 1. The monoisotopic (exact) mass is 236 g/mol. The number of primary amides is 1. The molecule has 0 saturated heterocycles. The molecule has 0 bridgehead atoms. The van der Waals surface area contributed by atoms with Gasteiger partial charge in [0.25, 0.3) is 0 Å². The van der Waals surface area contributed by atoms with E-state index >= 15 is 0 Å². The number of pyridine rings is 1. The summed E-state index contributed by atoms with van der Waals surface area (Å²) in [7, 11) is 0. The van der Waals surface area contributed by atoms with Crippen LogP contribution in [0.25, 0.3) is 11.0 Å². The van der Waals surface area contributed by atoms with E-state index in [2.05, 4.69) is 15.2 Å². The molecule has 90 valence electrons. The van der Waals surface area contributed by atoms with Gasteiger partial charge in [-0.25, -0.2) is 4.98 Å². The smallest absolute Gasteiger partial charge is 0.220 e. The second-order valence-electron chi connectivity index (χ2n) is 3.76. The van der Waals surface area contributed by atoms with Crippen LogP contribution >= 0.6 is 0 Å². The number of fused-ring (bicyclic) bond motifs is 1. The fraction of sp³-hybridized carbons (Fsp3) is 0.300. The van der Waals surface area contributed by atoms with E-state index in [4.69, 9.17) is 5.73 Å². The number of aliphatic hydroxyl groups excluding tert-OH is 2. The molecule has 2 aromatic rings. The molecule has 0 aliphatic rings. The van der Waals surface area contributed by atoms with E-state index in [1.807, 2.05) is 0 Å². The summed E-state index contributed by atoms with van der Waals surface area (Å²) in [6, 6.07) is 1.64. The predicted molar refractivity (Wildman–Crippen MR) is 58.7 cm³/mol. The van der Waals surface area contributed by atoms with Crippen molar-refractivity contribution in [3.8, 4) is 0 Å². The third kappa shape index (κ3) is 2.40. The molecule has 7 nitrogen and oxygen atoms in total. The van der Waals surface area contributed by atoms with E-state index in [9.17, 15) is 15.0 Å². The van der Waals surface area contributed by atoms with Crippen LogP contribution < -0.4 is 5.73 Å². The van der Waals surface area contributed by atoms with Crippen LogP contribution in [0, 0.1) is 0 Å². The predicted octanol–water partition coefficient (Wildman–Crippen LogP) is -0.772. The maximum atomic E-state index is 10.6. The van der Waals surface area contributed by atoms with Crippen molar-refractivity contribution in [1.29, 1.82) is 0 Å². The van der Waals surface area contributed by atoms with Gasteiger partial charge in [-0.2, -0.15) is 5.10 Å². The maximum absolute atomic E-state index is 10.6. The van der Waals surface area contributed by atoms with Gasteiger partial charge in [0.15, 0.2) is 5.65 Å². The number of aromatic nitrogens is 3. The first kappa shape index (κ1) is 11.5.